The first-order chi connectivity index (χ1) is 14.8. The van der Waals surface area contributed by atoms with Crippen LogP contribution in [-0.4, -0.2) is 45.2 Å². The Labute approximate surface area is 181 Å². The van der Waals surface area contributed by atoms with E-state index in [-0.39, 0.29) is 29.7 Å². The van der Waals surface area contributed by atoms with Crippen LogP contribution in [0.2, 0.25) is 0 Å². The molecule has 4 rings (SSSR count). The van der Waals surface area contributed by atoms with Gasteiger partial charge in [-0.2, -0.15) is 0 Å². The second-order valence-electron chi connectivity index (χ2n) is 7.71. The maximum Gasteiger partial charge on any atom is 0.242 e. The van der Waals surface area contributed by atoms with Crippen molar-refractivity contribution in [3.63, 3.8) is 0 Å². The summed E-state index contributed by atoms with van der Waals surface area (Å²) in [7, 11) is -0.707. The molecule has 3 aromatic carbocycles. The van der Waals surface area contributed by atoms with E-state index in [1.807, 2.05) is 42.5 Å². The SMILES string of the molecule is CN(C)S(=O)(=O)c1cccc(NC(=O)[C@@H]2CC(=O)N(c3cccc4ccccc34)C2)c1. The van der Waals surface area contributed by atoms with Gasteiger partial charge in [-0.3, -0.25) is 9.59 Å². The van der Waals surface area contributed by atoms with Gasteiger partial charge in [-0.05, 0) is 29.7 Å². The third kappa shape index (κ3) is 4.04. The molecule has 1 fully saturated rings. The molecule has 0 aliphatic carbocycles. The van der Waals surface area contributed by atoms with Gasteiger partial charge in [0.05, 0.1) is 16.5 Å². The first kappa shape index (κ1) is 21.0. The van der Waals surface area contributed by atoms with E-state index in [2.05, 4.69) is 5.32 Å². The summed E-state index contributed by atoms with van der Waals surface area (Å²) < 4.78 is 25.8. The average Bonchev–Trinajstić information content (AvgIpc) is 3.15. The zero-order valence-corrected chi connectivity index (χ0v) is 18.1. The van der Waals surface area contributed by atoms with E-state index in [0.717, 1.165) is 20.8 Å². The number of nitrogens with zero attached hydrogens (tertiary/aromatic N) is 2. The Hall–Kier alpha value is -3.23. The predicted molar refractivity (Wildman–Crippen MR) is 120 cm³/mol. The van der Waals surface area contributed by atoms with Crippen LogP contribution < -0.4 is 10.2 Å². The molecule has 3 aromatic rings. The monoisotopic (exact) mass is 437 g/mol. The van der Waals surface area contributed by atoms with Gasteiger partial charge in [0, 0.05) is 38.1 Å². The third-order valence-electron chi connectivity index (χ3n) is 5.43. The summed E-state index contributed by atoms with van der Waals surface area (Å²) in [5.41, 5.74) is 1.17. The fourth-order valence-corrected chi connectivity index (χ4v) is 4.70. The van der Waals surface area contributed by atoms with Crippen LogP contribution in [0.4, 0.5) is 11.4 Å². The molecule has 1 saturated heterocycles. The van der Waals surface area contributed by atoms with Crippen molar-refractivity contribution in [3.05, 3.63) is 66.7 Å². The summed E-state index contributed by atoms with van der Waals surface area (Å²) in [6.45, 7) is 0.272. The molecule has 1 aliphatic heterocycles. The number of hydrogen-bond donors (Lipinski definition) is 1. The highest BCUT2D eigenvalue weighted by Gasteiger charge is 2.35. The molecular formula is C23H23N3O4S. The Balaban J connectivity index is 1.53. The van der Waals surface area contributed by atoms with Crippen molar-refractivity contribution in [1.82, 2.24) is 4.31 Å². The zero-order chi connectivity index (χ0) is 22.2. The van der Waals surface area contributed by atoms with Crippen molar-refractivity contribution in [2.24, 2.45) is 5.92 Å². The molecule has 0 spiro atoms. The van der Waals surface area contributed by atoms with Crippen LogP contribution in [0.1, 0.15) is 6.42 Å². The molecule has 1 aliphatic rings. The minimum atomic E-state index is -3.61. The molecule has 0 unspecified atom stereocenters. The molecule has 7 nitrogen and oxygen atoms in total. The highest BCUT2D eigenvalue weighted by molar-refractivity contribution is 7.89. The summed E-state index contributed by atoms with van der Waals surface area (Å²) in [5, 5.41) is 4.75. The molecule has 1 heterocycles. The highest BCUT2D eigenvalue weighted by Crippen LogP contribution is 2.32. The number of amides is 2. The molecule has 0 radical (unpaired) electrons. The van der Waals surface area contributed by atoms with Gasteiger partial charge in [0.15, 0.2) is 0 Å². The Bertz CT molecular complexity index is 1270. The van der Waals surface area contributed by atoms with Gasteiger partial charge in [0.25, 0.3) is 0 Å². The van der Waals surface area contributed by atoms with E-state index in [4.69, 9.17) is 0 Å². The summed E-state index contributed by atoms with van der Waals surface area (Å²) in [6.07, 6.45) is 0.102. The van der Waals surface area contributed by atoms with Gasteiger partial charge < -0.3 is 10.2 Å². The zero-order valence-electron chi connectivity index (χ0n) is 17.3. The van der Waals surface area contributed by atoms with Crippen LogP contribution in [0.15, 0.2) is 71.6 Å². The maximum atomic E-state index is 12.8. The average molecular weight is 438 g/mol. The van der Waals surface area contributed by atoms with E-state index in [1.54, 1.807) is 17.0 Å². The molecule has 0 aromatic heterocycles. The van der Waals surface area contributed by atoms with E-state index in [9.17, 15) is 18.0 Å². The fourth-order valence-electron chi connectivity index (χ4n) is 3.75. The molecule has 31 heavy (non-hydrogen) atoms. The lowest BCUT2D eigenvalue weighted by Crippen LogP contribution is -2.28. The normalized spacial score (nSPS) is 16.8. The van der Waals surface area contributed by atoms with Crippen LogP contribution in [0.5, 0.6) is 0 Å². The molecular weight excluding hydrogens is 414 g/mol. The van der Waals surface area contributed by atoms with Crippen molar-refractivity contribution >= 4 is 44.0 Å². The summed E-state index contributed by atoms with van der Waals surface area (Å²) in [5.74, 6) is -0.948. The Morgan fingerprint density at radius 2 is 1.74 bits per heavy atom. The van der Waals surface area contributed by atoms with Crippen LogP contribution in [0.3, 0.4) is 0 Å². The van der Waals surface area contributed by atoms with Gasteiger partial charge in [0.1, 0.15) is 0 Å². The van der Waals surface area contributed by atoms with Gasteiger partial charge in [-0.1, -0.05) is 42.5 Å². The first-order valence-corrected chi connectivity index (χ1v) is 11.3. The highest BCUT2D eigenvalue weighted by atomic mass is 32.2. The molecule has 8 heteroatoms. The standard InChI is InChI=1S/C23H23N3O4S/c1-25(2)31(29,30)19-10-6-9-18(14-19)24-23(28)17-13-22(27)26(15-17)21-12-5-8-16-7-3-4-11-20(16)21/h3-12,14,17H,13,15H2,1-2H3,(H,24,28)/t17-/m1/s1. The first-order valence-electron chi connectivity index (χ1n) is 9.89. The molecule has 1 atom stereocenters. The number of benzene rings is 3. The van der Waals surface area contributed by atoms with Gasteiger partial charge >= 0.3 is 0 Å². The molecule has 0 bridgehead atoms. The van der Waals surface area contributed by atoms with E-state index in [1.165, 1.54) is 26.2 Å². The number of carbonyl (C=O) groups is 2. The summed E-state index contributed by atoms with van der Waals surface area (Å²) >= 11 is 0. The van der Waals surface area contributed by atoms with E-state index in [0.29, 0.717) is 5.69 Å². The molecule has 2 amide bonds. The molecule has 1 N–H and O–H groups in total. The van der Waals surface area contributed by atoms with Crippen LogP contribution in [0.25, 0.3) is 10.8 Å². The number of sulfonamides is 1. The smallest absolute Gasteiger partial charge is 0.242 e. The second kappa shape index (κ2) is 8.13. The van der Waals surface area contributed by atoms with Gasteiger partial charge in [0.2, 0.25) is 21.8 Å². The lowest BCUT2D eigenvalue weighted by molar-refractivity contribution is -0.122. The van der Waals surface area contributed by atoms with Crippen LogP contribution in [-0.2, 0) is 19.6 Å². The maximum absolute atomic E-state index is 12.8. The number of rotatable bonds is 5. The minimum Gasteiger partial charge on any atom is -0.326 e. The van der Waals surface area contributed by atoms with Crippen molar-refractivity contribution in [2.45, 2.75) is 11.3 Å². The quantitative estimate of drug-likeness (QED) is 0.665. The largest absolute Gasteiger partial charge is 0.326 e. The van der Waals surface area contributed by atoms with Gasteiger partial charge in [-0.15, -0.1) is 0 Å². The Morgan fingerprint density at radius 1 is 1.03 bits per heavy atom. The van der Waals surface area contributed by atoms with E-state index < -0.39 is 15.9 Å². The Kier molecular flexibility index (Phi) is 5.51. The predicted octanol–water partition coefficient (Wildman–Crippen LogP) is 3.08. The van der Waals surface area contributed by atoms with Crippen molar-refractivity contribution in [2.75, 3.05) is 30.9 Å². The lowest BCUT2D eigenvalue weighted by Gasteiger charge is -2.19. The van der Waals surface area contributed by atoms with E-state index >= 15 is 0 Å². The van der Waals surface area contributed by atoms with Crippen molar-refractivity contribution in [3.8, 4) is 0 Å². The number of nitrogens with one attached hydrogen (secondary N) is 1. The second-order valence-corrected chi connectivity index (χ2v) is 9.86. The third-order valence-corrected chi connectivity index (χ3v) is 7.24. The topological polar surface area (TPSA) is 86.8 Å². The van der Waals surface area contributed by atoms with Crippen LogP contribution >= 0.6 is 0 Å². The number of fused-ring (bicyclic) bond motifs is 1. The minimum absolute atomic E-state index is 0.0928. The van der Waals surface area contributed by atoms with Gasteiger partial charge in [-0.25, -0.2) is 12.7 Å². The summed E-state index contributed by atoms with van der Waals surface area (Å²) in [6, 6.07) is 19.7. The number of hydrogen-bond acceptors (Lipinski definition) is 4. The number of carbonyl (C=O) groups excluding carboxylic acids is 2. The number of anilines is 2. The Morgan fingerprint density at radius 3 is 2.52 bits per heavy atom. The lowest BCUT2D eigenvalue weighted by atomic mass is 10.1. The van der Waals surface area contributed by atoms with Crippen molar-refractivity contribution in [1.29, 1.82) is 0 Å². The molecule has 0 saturated carbocycles. The molecule has 160 valence electrons. The summed E-state index contributed by atoms with van der Waals surface area (Å²) in [4.78, 5) is 27.3. The fraction of sp³-hybridized carbons (Fsp3) is 0.217. The van der Waals surface area contributed by atoms with Crippen molar-refractivity contribution < 1.29 is 18.0 Å². The van der Waals surface area contributed by atoms with Crippen LogP contribution in [0, 0.1) is 5.92 Å².